The zero-order valence-corrected chi connectivity index (χ0v) is 19.1. The number of halogens is 1. The van der Waals surface area contributed by atoms with Crippen molar-refractivity contribution in [1.82, 2.24) is 4.98 Å². The molecule has 0 spiro atoms. The number of pyridine rings is 1. The molecule has 168 valence electrons. The Bertz CT molecular complexity index is 1200. The molecule has 9 heteroatoms. The van der Waals surface area contributed by atoms with Gasteiger partial charge in [-0.1, -0.05) is 35.9 Å². The van der Waals surface area contributed by atoms with Crippen LogP contribution in [0.4, 0.5) is 5.69 Å². The molecule has 0 saturated heterocycles. The van der Waals surface area contributed by atoms with Crippen LogP contribution in [-0.4, -0.2) is 33.2 Å². The summed E-state index contributed by atoms with van der Waals surface area (Å²) in [4.78, 5) is 4.42. The number of nitrogens with one attached hydrogen (secondary N) is 1. The Morgan fingerprint density at radius 1 is 1.09 bits per heavy atom. The molecule has 3 aromatic rings. The molecule has 1 N–H and O–H groups in total. The molecule has 1 aliphatic rings. The first-order valence-corrected chi connectivity index (χ1v) is 12.0. The molecule has 0 unspecified atom stereocenters. The van der Waals surface area contributed by atoms with Crippen molar-refractivity contribution >= 4 is 27.3 Å². The van der Waals surface area contributed by atoms with Gasteiger partial charge in [-0.05, 0) is 49.6 Å². The van der Waals surface area contributed by atoms with Gasteiger partial charge in [0.1, 0.15) is 19.0 Å². The van der Waals surface area contributed by atoms with Gasteiger partial charge in [0, 0.05) is 16.8 Å². The molecule has 2 aromatic carbocycles. The molecule has 0 fully saturated rings. The van der Waals surface area contributed by atoms with Gasteiger partial charge in [-0.25, -0.2) is 13.4 Å². The summed E-state index contributed by atoms with van der Waals surface area (Å²) >= 11 is 6.14. The van der Waals surface area contributed by atoms with Crippen LogP contribution < -0.4 is 18.9 Å². The first-order valence-electron chi connectivity index (χ1n) is 10.2. The smallest absolute Gasteiger partial charge is 0.262 e. The third-order valence-electron chi connectivity index (χ3n) is 4.99. The number of nitrogens with zero attached hydrogens (tertiary/aromatic N) is 1. The van der Waals surface area contributed by atoms with Crippen LogP contribution in [0, 0.1) is 6.92 Å². The van der Waals surface area contributed by atoms with E-state index in [2.05, 4.69) is 9.71 Å². The number of ether oxygens (including phenoxy) is 3. The summed E-state index contributed by atoms with van der Waals surface area (Å²) in [6.45, 7) is 2.58. The Morgan fingerprint density at radius 3 is 2.69 bits per heavy atom. The summed E-state index contributed by atoms with van der Waals surface area (Å²) in [5.74, 6) is 1.29. The lowest BCUT2D eigenvalue weighted by atomic mass is 10.1. The van der Waals surface area contributed by atoms with Crippen molar-refractivity contribution in [2.75, 3.05) is 24.5 Å². The van der Waals surface area contributed by atoms with Gasteiger partial charge in [0.05, 0.1) is 11.5 Å². The number of sulfonamides is 1. The molecule has 4 rings (SSSR count). The second kappa shape index (κ2) is 9.67. The van der Waals surface area contributed by atoms with Gasteiger partial charge < -0.3 is 14.2 Å². The first-order chi connectivity index (χ1) is 15.5. The van der Waals surface area contributed by atoms with Gasteiger partial charge in [0.2, 0.25) is 5.88 Å². The molecule has 2 heterocycles. The number of rotatable bonds is 8. The SMILES string of the molecule is Cc1c(Cl)cccc1S(=O)(=O)Nc1c(OCCOc2ccccc2)ncc2c1OCCC2. The molecular formula is C23H23ClN2O5S. The minimum absolute atomic E-state index is 0.0803. The van der Waals surface area contributed by atoms with Gasteiger partial charge in [0.25, 0.3) is 10.0 Å². The van der Waals surface area contributed by atoms with Crippen molar-refractivity contribution in [2.24, 2.45) is 0 Å². The summed E-state index contributed by atoms with van der Waals surface area (Å²) in [5, 5.41) is 0.367. The van der Waals surface area contributed by atoms with Crippen LogP contribution in [0.25, 0.3) is 0 Å². The highest BCUT2D eigenvalue weighted by molar-refractivity contribution is 7.92. The van der Waals surface area contributed by atoms with E-state index in [1.165, 1.54) is 6.07 Å². The Kier molecular flexibility index (Phi) is 6.72. The van der Waals surface area contributed by atoms with E-state index in [-0.39, 0.29) is 29.7 Å². The third kappa shape index (κ3) is 4.92. The molecule has 0 radical (unpaired) electrons. The molecule has 0 aliphatic carbocycles. The third-order valence-corrected chi connectivity index (χ3v) is 6.89. The molecule has 0 bridgehead atoms. The molecule has 0 saturated carbocycles. The van der Waals surface area contributed by atoms with Crippen molar-refractivity contribution in [1.29, 1.82) is 0 Å². The summed E-state index contributed by atoms with van der Waals surface area (Å²) < 4.78 is 46.2. The van der Waals surface area contributed by atoms with Crippen LogP contribution in [0.5, 0.6) is 17.4 Å². The Hall–Kier alpha value is -2.97. The molecule has 32 heavy (non-hydrogen) atoms. The average molecular weight is 475 g/mol. The Balaban J connectivity index is 1.58. The minimum Gasteiger partial charge on any atom is -0.491 e. The molecular weight excluding hydrogens is 452 g/mol. The topological polar surface area (TPSA) is 86.8 Å². The van der Waals surface area contributed by atoms with E-state index in [9.17, 15) is 8.42 Å². The quantitative estimate of drug-likeness (QED) is 0.479. The number of para-hydroxylation sites is 1. The number of fused-ring (bicyclic) bond motifs is 1. The summed E-state index contributed by atoms with van der Waals surface area (Å²) in [5.41, 5.74) is 1.46. The lowest BCUT2D eigenvalue weighted by Gasteiger charge is -2.23. The standard InChI is InChI=1S/C23H23ClN2O5S/c1-16-19(24)10-5-11-20(16)32(27,28)26-21-22-17(7-6-12-30-22)15-25-23(21)31-14-13-29-18-8-3-2-4-9-18/h2-5,8-11,15,26H,6-7,12-14H2,1H3. The molecule has 0 amide bonds. The lowest BCUT2D eigenvalue weighted by Crippen LogP contribution is -2.20. The van der Waals surface area contributed by atoms with Gasteiger partial charge in [0.15, 0.2) is 11.4 Å². The van der Waals surface area contributed by atoms with Crippen LogP contribution in [0.15, 0.2) is 59.6 Å². The molecule has 0 atom stereocenters. The van der Waals surface area contributed by atoms with Gasteiger partial charge in [-0.2, -0.15) is 0 Å². The maximum atomic E-state index is 13.2. The highest BCUT2D eigenvalue weighted by Crippen LogP contribution is 2.40. The minimum atomic E-state index is -3.96. The van der Waals surface area contributed by atoms with E-state index in [0.717, 1.165) is 24.2 Å². The maximum Gasteiger partial charge on any atom is 0.262 e. The summed E-state index contributed by atoms with van der Waals surface area (Å²) in [6.07, 6.45) is 3.23. The predicted molar refractivity (Wildman–Crippen MR) is 122 cm³/mol. The zero-order chi connectivity index (χ0) is 22.6. The number of benzene rings is 2. The van der Waals surface area contributed by atoms with Gasteiger partial charge in [-0.3, -0.25) is 4.72 Å². The highest BCUT2D eigenvalue weighted by Gasteiger charge is 2.26. The number of aromatic nitrogens is 1. The normalized spacial score (nSPS) is 13.1. The lowest BCUT2D eigenvalue weighted by molar-refractivity contribution is 0.211. The van der Waals surface area contributed by atoms with Crippen LogP contribution in [0.1, 0.15) is 17.5 Å². The number of aryl methyl sites for hydroxylation is 1. The van der Waals surface area contributed by atoms with E-state index in [0.29, 0.717) is 22.9 Å². The van der Waals surface area contributed by atoms with E-state index >= 15 is 0 Å². The van der Waals surface area contributed by atoms with Crippen LogP contribution in [0.3, 0.4) is 0 Å². The van der Waals surface area contributed by atoms with Crippen molar-refractivity contribution in [3.05, 3.63) is 70.9 Å². The Labute approximate surface area is 192 Å². The summed E-state index contributed by atoms with van der Waals surface area (Å²) in [6, 6.07) is 14.1. The fraction of sp³-hybridized carbons (Fsp3) is 0.261. The monoisotopic (exact) mass is 474 g/mol. The van der Waals surface area contributed by atoms with Crippen LogP contribution in [0.2, 0.25) is 5.02 Å². The number of hydrogen-bond acceptors (Lipinski definition) is 6. The molecule has 1 aliphatic heterocycles. The summed E-state index contributed by atoms with van der Waals surface area (Å²) in [7, 11) is -3.96. The van der Waals surface area contributed by atoms with Crippen molar-refractivity contribution in [2.45, 2.75) is 24.7 Å². The average Bonchev–Trinajstić information content (AvgIpc) is 2.80. The van der Waals surface area contributed by atoms with Crippen molar-refractivity contribution in [3.8, 4) is 17.4 Å². The van der Waals surface area contributed by atoms with E-state index in [1.807, 2.05) is 30.3 Å². The largest absolute Gasteiger partial charge is 0.491 e. The second-order valence-electron chi connectivity index (χ2n) is 7.22. The van der Waals surface area contributed by atoms with Gasteiger partial charge in [-0.15, -0.1) is 0 Å². The number of anilines is 1. The maximum absolute atomic E-state index is 13.2. The zero-order valence-electron chi connectivity index (χ0n) is 17.5. The Morgan fingerprint density at radius 2 is 1.88 bits per heavy atom. The fourth-order valence-electron chi connectivity index (χ4n) is 3.38. The van der Waals surface area contributed by atoms with Crippen molar-refractivity contribution < 1.29 is 22.6 Å². The van der Waals surface area contributed by atoms with Crippen LogP contribution >= 0.6 is 11.6 Å². The number of hydrogen-bond donors (Lipinski definition) is 1. The van der Waals surface area contributed by atoms with Crippen molar-refractivity contribution in [3.63, 3.8) is 0 Å². The first kappa shape index (κ1) is 22.2. The molecule has 1 aromatic heterocycles. The second-order valence-corrected chi connectivity index (χ2v) is 9.28. The van der Waals surface area contributed by atoms with E-state index < -0.39 is 10.0 Å². The fourth-order valence-corrected chi connectivity index (χ4v) is 4.94. The predicted octanol–water partition coefficient (Wildman–Crippen LogP) is 4.63. The molecule has 7 nitrogen and oxygen atoms in total. The highest BCUT2D eigenvalue weighted by atomic mass is 35.5. The van der Waals surface area contributed by atoms with E-state index in [1.54, 1.807) is 25.3 Å². The van der Waals surface area contributed by atoms with Gasteiger partial charge >= 0.3 is 0 Å². The van der Waals surface area contributed by atoms with Crippen LogP contribution in [-0.2, 0) is 16.4 Å². The van der Waals surface area contributed by atoms with E-state index in [4.69, 9.17) is 25.8 Å².